The predicted octanol–water partition coefficient (Wildman–Crippen LogP) is 1.65. The molecule has 0 aliphatic heterocycles. The molecule has 0 saturated carbocycles. The Hall–Kier alpha value is -2.08. The molecule has 1 heterocycles. The van der Waals surface area contributed by atoms with E-state index in [1.54, 1.807) is 12.1 Å². The number of carbonyl (C=O) groups is 1. The summed E-state index contributed by atoms with van der Waals surface area (Å²) in [6.45, 7) is -0.365. The fourth-order valence-electron chi connectivity index (χ4n) is 1.38. The lowest BCUT2D eigenvalue weighted by atomic mass is 10.2. The summed E-state index contributed by atoms with van der Waals surface area (Å²) < 4.78 is 5.98. The van der Waals surface area contributed by atoms with Crippen LogP contribution in [0, 0.1) is 5.41 Å². The van der Waals surface area contributed by atoms with Crippen molar-refractivity contribution in [3.63, 3.8) is 0 Å². The van der Waals surface area contributed by atoms with Crippen molar-refractivity contribution in [1.82, 2.24) is 0 Å². The molecule has 1 aromatic carbocycles. The molecule has 17 heavy (non-hydrogen) atoms. The van der Waals surface area contributed by atoms with Crippen LogP contribution < -0.4 is 10.5 Å². The second-order valence-electron chi connectivity index (χ2n) is 3.41. The minimum atomic E-state index is -1.01. The van der Waals surface area contributed by atoms with Crippen LogP contribution in [0.5, 0.6) is 5.75 Å². The van der Waals surface area contributed by atoms with Gasteiger partial charge in [0.2, 0.25) is 0 Å². The van der Waals surface area contributed by atoms with E-state index in [-0.39, 0.29) is 12.4 Å². The number of ether oxygens (including phenoxy) is 1. The van der Waals surface area contributed by atoms with Gasteiger partial charge in [0, 0.05) is 4.70 Å². The first-order valence-electron chi connectivity index (χ1n) is 4.79. The molecule has 88 valence electrons. The molecule has 0 unspecified atom stereocenters. The van der Waals surface area contributed by atoms with Crippen molar-refractivity contribution in [2.24, 2.45) is 5.73 Å². The van der Waals surface area contributed by atoms with Crippen molar-refractivity contribution in [2.45, 2.75) is 0 Å². The Morgan fingerprint density at radius 3 is 2.88 bits per heavy atom. The van der Waals surface area contributed by atoms with Crippen LogP contribution in [0.4, 0.5) is 0 Å². The molecule has 5 nitrogen and oxygen atoms in total. The summed E-state index contributed by atoms with van der Waals surface area (Å²) in [7, 11) is 0. The Morgan fingerprint density at radius 2 is 2.24 bits per heavy atom. The Bertz CT molecular complexity index is 591. The van der Waals surface area contributed by atoms with Crippen LogP contribution in [0.25, 0.3) is 10.1 Å². The number of hydrogen-bond donors (Lipinski definition) is 3. The average Bonchev–Trinajstić information content (AvgIpc) is 2.69. The molecule has 0 fully saturated rings. The SMILES string of the molecule is N=C(N)c1cc2ccc(OCC(=O)O)cc2s1. The number of thiophene rings is 1. The van der Waals surface area contributed by atoms with E-state index in [1.807, 2.05) is 12.1 Å². The molecule has 0 aliphatic carbocycles. The predicted molar refractivity (Wildman–Crippen MR) is 66.0 cm³/mol. The second-order valence-corrected chi connectivity index (χ2v) is 4.49. The highest BCUT2D eigenvalue weighted by atomic mass is 32.1. The van der Waals surface area contributed by atoms with Gasteiger partial charge in [0.15, 0.2) is 6.61 Å². The third-order valence-corrected chi connectivity index (χ3v) is 3.25. The van der Waals surface area contributed by atoms with Crippen LogP contribution in [0.3, 0.4) is 0 Å². The summed E-state index contributed by atoms with van der Waals surface area (Å²) >= 11 is 1.38. The van der Waals surface area contributed by atoms with Gasteiger partial charge in [-0.15, -0.1) is 11.3 Å². The summed E-state index contributed by atoms with van der Waals surface area (Å²) in [5.41, 5.74) is 5.40. The van der Waals surface area contributed by atoms with Crippen LogP contribution in [-0.2, 0) is 4.79 Å². The molecular formula is C11H10N2O3S. The molecule has 1 aromatic heterocycles. The average molecular weight is 250 g/mol. The van der Waals surface area contributed by atoms with E-state index >= 15 is 0 Å². The van der Waals surface area contributed by atoms with Gasteiger partial charge in [-0.1, -0.05) is 0 Å². The largest absolute Gasteiger partial charge is 0.482 e. The number of benzene rings is 1. The molecule has 0 amide bonds. The summed E-state index contributed by atoms with van der Waals surface area (Å²) in [5.74, 6) is -0.489. The molecule has 0 aliphatic rings. The van der Waals surface area contributed by atoms with Crippen molar-refractivity contribution in [3.05, 3.63) is 29.1 Å². The minimum Gasteiger partial charge on any atom is -0.482 e. The Morgan fingerprint density at radius 1 is 1.47 bits per heavy atom. The van der Waals surface area contributed by atoms with E-state index in [0.717, 1.165) is 10.1 Å². The quantitative estimate of drug-likeness (QED) is 0.567. The topological polar surface area (TPSA) is 96.4 Å². The van der Waals surface area contributed by atoms with E-state index in [1.165, 1.54) is 11.3 Å². The van der Waals surface area contributed by atoms with E-state index < -0.39 is 5.97 Å². The summed E-state index contributed by atoms with van der Waals surface area (Å²) in [4.78, 5) is 11.1. The smallest absolute Gasteiger partial charge is 0.341 e. The number of amidine groups is 1. The van der Waals surface area contributed by atoms with E-state index in [0.29, 0.717) is 10.6 Å². The maximum Gasteiger partial charge on any atom is 0.341 e. The number of nitrogens with two attached hydrogens (primary N) is 1. The maximum atomic E-state index is 10.4. The first-order valence-corrected chi connectivity index (χ1v) is 5.60. The molecule has 2 aromatic rings. The van der Waals surface area contributed by atoms with Gasteiger partial charge in [-0.25, -0.2) is 4.79 Å². The number of rotatable bonds is 4. The molecule has 0 spiro atoms. The molecule has 6 heteroatoms. The van der Waals surface area contributed by atoms with Gasteiger partial charge in [0.1, 0.15) is 11.6 Å². The number of aliphatic carboxylic acids is 1. The molecule has 0 radical (unpaired) electrons. The van der Waals surface area contributed by atoms with Crippen LogP contribution in [0.1, 0.15) is 4.88 Å². The molecule has 0 atom stereocenters. The standard InChI is InChI=1S/C11H10N2O3S/c12-11(13)9-3-6-1-2-7(4-8(6)17-9)16-5-10(14)15/h1-4H,5H2,(H3,12,13)(H,14,15). The molecular weight excluding hydrogens is 240 g/mol. The van der Waals surface area contributed by atoms with Crippen molar-refractivity contribution in [3.8, 4) is 5.75 Å². The fraction of sp³-hybridized carbons (Fsp3) is 0.0909. The summed E-state index contributed by atoms with van der Waals surface area (Å²) in [6.07, 6.45) is 0. The van der Waals surface area contributed by atoms with Crippen molar-refractivity contribution >= 4 is 33.2 Å². The highest BCUT2D eigenvalue weighted by Gasteiger charge is 2.06. The monoisotopic (exact) mass is 250 g/mol. The first kappa shape index (κ1) is 11.4. The summed E-state index contributed by atoms with van der Waals surface area (Å²) in [5, 5.41) is 16.8. The number of carboxylic acid groups (broad SMARTS) is 1. The molecule has 0 bridgehead atoms. The highest BCUT2D eigenvalue weighted by molar-refractivity contribution is 7.20. The Balaban J connectivity index is 2.30. The van der Waals surface area contributed by atoms with Crippen molar-refractivity contribution in [2.75, 3.05) is 6.61 Å². The lowest BCUT2D eigenvalue weighted by Gasteiger charge is -2.02. The fourth-order valence-corrected chi connectivity index (χ4v) is 2.33. The Labute approximate surface area is 101 Å². The van der Waals surface area contributed by atoms with Crippen LogP contribution in [0.15, 0.2) is 24.3 Å². The third kappa shape index (κ3) is 2.54. The number of nitrogens with one attached hydrogen (secondary N) is 1. The van der Waals surface area contributed by atoms with E-state index in [2.05, 4.69) is 0 Å². The minimum absolute atomic E-state index is 0.0270. The first-order chi connectivity index (χ1) is 8.06. The van der Waals surface area contributed by atoms with Gasteiger partial charge in [0.05, 0.1) is 4.88 Å². The van der Waals surface area contributed by atoms with Crippen LogP contribution >= 0.6 is 11.3 Å². The summed E-state index contributed by atoms with van der Waals surface area (Å²) in [6, 6.07) is 7.08. The van der Waals surface area contributed by atoms with Gasteiger partial charge in [-0.3, -0.25) is 5.41 Å². The zero-order valence-corrected chi connectivity index (χ0v) is 9.58. The van der Waals surface area contributed by atoms with Crippen LogP contribution in [0.2, 0.25) is 0 Å². The van der Waals surface area contributed by atoms with E-state index in [9.17, 15) is 4.79 Å². The van der Waals surface area contributed by atoms with E-state index in [4.69, 9.17) is 21.0 Å². The van der Waals surface area contributed by atoms with Gasteiger partial charge >= 0.3 is 5.97 Å². The zero-order chi connectivity index (χ0) is 12.4. The third-order valence-electron chi connectivity index (χ3n) is 2.12. The normalized spacial score (nSPS) is 10.4. The van der Waals surface area contributed by atoms with Crippen molar-refractivity contribution < 1.29 is 14.6 Å². The highest BCUT2D eigenvalue weighted by Crippen LogP contribution is 2.28. The zero-order valence-electron chi connectivity index (χ0n) is 8.77. The van der Waals surface area contributed by atoms with Crippen LogP contribution in [-0.4, -0.2) is 23.5 Å². The Kier molecular flexibility index (Phi) is 2.97. The van der Waals surface area contributed by atoms with Gasteiger partial charge < -0.3 is 15.6 Å². The lowest BCUT2D eigenvalue weighted by molar-refractivity contribution is -0.139. The number of carboxylic acids is 1. The van der Waals surface area contributed by atoms with Crippen molar-refractivity contribution in [1.29, 1.82) is 5.41 Å². The maximum absolute atomic E-state index is 10.4. The van der Waals surface area contributed by atoms with Gasteiger partial charge in [-0.05, 0) is 29.7 Å². The number of fused-ring (bicyclic) bond motifs is 1. The van der Waals surface area contributed by atoms with Gasteiger partial charge in [0.25, 0.3) is 0 Å². The lowest BCUT2D eigenvalue weighted by Crippen LogP contribution is -2.09. The number of nitrogen functional groups attached to an aromatic ring is 1. The molecule has 2 rings (SSSR count). The molecule has 0 saturated heterocycles. The number of hydrogen-bond acceptors (Lipinski definition) is 4. The van der Waals surface area contributed by atoms with Gasteiger partial charge in [-0.2, -0.15) is 0 Å². The second kappa shape index (κ2) is 4.42. The molecule has 4 N–H and O–H groups in total.